The summed E-state index contributed by atoms with van der Waals surface area (Å²) in [5.41, 5.74) is 6.07. The molecule has 116 valence electrons. The van der Waals surface area contributed by atoms with E-state index in [-0.39, 0.29) is 20.9 Å². The Morgan fingerprint density at radius 1 is 1.33 bits per heavy atom. The van der Waals surface area contributed by atoms with Crippen molar-refractivity contribution in [1.29, 1.82) is 0 Å². The average molecular weight is 347 g/mol. The Hall–Kier alpha value is -0.690. The van der Waals surface area contributed by atoms with E-state index in [1.165, 1.54) is 12.1 Å². The van der Waals surface area contributed by atoms with Gasteiger partial charge in [-0.05, 0) is 43.7 Å². The molecular weight excluding hydrogens is 328 g/mol. The summed E-state index contributed by atoms with van der Waals surface area (Å²) in [6.45, 7) is 2.19. The molecule has 4 nitrogen and oxygen atoms in total. The van der Waals surface area contributed by atoms with Crippen LogP contribution in [0.2, 0.25) is 5.02 Å². The number of benzene rings is 1. The lowest BCUT2D eigenvalue weighted by Crippen LogP contribution is -2.37. The van der Waals surface area contributed by atoms with Crippen molar-refractivity contribution in [3.8, 4) is 0 Å². The van der Waals surface area contributed by atoms with Crippen molar-refractivity contribution in [3.63, 3.8) is 0 Å². The molecule has 21 heavy (non-hydrogen) atoms. The lowest BCUT2D eigenvalue weighted by atomic mass is 9.88. The fourth-order valence-corrected chi connectivity index (χ4v) is 4.51. The number of sulfonamides is 1. The van der Waals surface area contributed by atoms with E-state index >= 15 is 0 Å². The summed E-state index contributed by atoms with van der Waals surface area (Å²) >= 11 is 10.9. The van der Waals surface area contributed by atoms with Gasteiger partial charge in [-0.2, -0.15) is 0 Å². The summed E-state index contributed by atoms with van der Waals surface area (Å²) in [4.78, 5) is 0.262. The Kier molecular flexibility index (Phi) is 5.24. The molecule has 0 bridgehead atoms. The van der Waals surface area contributed by atoms with E-state index in [0.29, 0.717) is 11.5 Å². The Morgan fingerprint density at radius 3 is 2.48 bits per heavy atom. The van der Waals surface area contributed by atoms with Crippen LogP contribution in [0, 0.1) is 5.92 Å². The zero-order valence-electron chi connectivity index (χ0n) is 11.8. The summed E-state index contributed by atoms with van der Waals surface area (Å²) < 4.78 is 27.6. The molecule has 1 aromatic rings. The second-order valence-corrected chi connectivity index (χ2v) is 8.12. The molecule has 0 spiro atoms. The molecule has 0 heterocycles. The van der Waals surface area contributed by atoms with Gasteiger partial charge in [0.1, 0.15) is 9.88 Å². The monoisotopic (exact) mass is 346 g/mol. The third kappa shape index (κ3) is 4.16. The molecule has 3 N–H and O–H groups in total. The van der Waals surface area contributed by atoms with Gasteiger partial charge in [-0.25, -0.2) is 13.1 Å². The standard InChI is InChI=1S/C14H19ClN2O2S2/c1-9-2-5-11(6-3-9)17-21(18,19)13-7-4-10(14(16)20)8-12(13)15/h4,7-9,11,17H,2-3,5-6H2,1H3,(H2,16,20). The van der Waals surface area contributed by atoms with Crippen LogP contribution in [-0.4, -0.2) is 19.4 Å². The third-order valence-electron chi connectivity index (χ3n) is 3.84. The minimum atomic E-state index is -3.62. The molecule has 0 unspecified atom stereocenters. The number of nitrogens with two attached hydrogens (primary N) is 1. The van der Waals surface area contributed by atoms with Crippen LogP contribution in [0.3, 0.4) is 0 Å². The van der Waals surface area contributed by atoms with Gasteiger partial charge in [0, 0.05) is 11.6 Å². The quantitative estimate of drug-likeness (QED) is 0.822. The highest BCUT2D eigenvalue weighted by Crippen LogP contribution is 2.27. The molecule has 7 heteroatoms. The molecule has 1 saturated carbocycles. The van der Waals surface area contributed by atoms with Crippen molar-refractivity contribution in [3.05, 3.63) is 28.8 Å². The maximum Gasteiger partial charge on any atom is 0.242 e. The molecule has 1 fully saturated rings. The van der Waals surface area contributed by atoms with E-state index in [9.17, 15) is 8.42 Å². The summed E-state index contributed by atoms with van der Waals surface area (Å²) in [6.07, 6.45) is 3.81. The smallest absolute Gasteiger partial charge is 0.242 e. The summed E-state index contributed by atoms with van der Waals surface area (Å²) in [5, 5.41) is 0.136. The Balaban J connectivity index is 2.18. The molecule has 0 atom stereocenters. The molecular formula is C14H19ClN2O2S2. The zero-order chi connectivity index (χ0) is 15.6. The Morgan fingerprint density at radius 2 is 1.95 bits per heavy atom. The normalized spacial score (nSPS) is 23.0. The average Bonchev–Trinajstić information content (AvgIpc) is 2.40. The van der Waals surface area contributed by atoms with Gasteiger partial charge in [0.15, 0.2) is 0 Å². The molecule has 2 rings (SSSR count). The molecule has 0 radical (unpaired) electrons. The van der Waals surface area contributed by atoms with Crippen LogP contribution >= 0.6 is 23.8 Å². The van der Waals surface area contributed by atoms with E-state index in [0.717, 1.165) is 25.7 Å². The number of halogens is 1. The van der Waals surface area contributed by atoms with Gasteiger partial charge in [0.05, 0.1) is 5.02 Å². The number of rotatable bonds is 4. The minimum absolute atomic E-state index is 0.0162. The van der Waals surface area contributed by atoms with E-state index in [4.69, 9.17) is 29.6 Å². The van der Waals surface area contributed by atoms with Crippen molar-refractivity contribution >= 4 is 38.8 Å². The second-order valence-electron chi connectivity index (χ2n) is 5.59. The first-order chi connectivity index (χ1) is 9.79. The SMILES string of the molecule is CC1CCC(NS(=O)(=O)c2ccc(C(N)=S)cc2Cl)CC1. The highest BCUT2D eigenvalue weighted by Gasteiger charge is 2.25. The lowest BCUT2D eigenvalue weighted by molar-refractivity contribution is 0.332. The van der Waals surface area contributed by atoms with E-state index in [2.05, 4.69) is 11.6 Å². The Labute approximate surface area is 136 Å². The van der Waals surface area contributed by atoms with Gasteiger partial charge in [0.25, 0.3) is 0 Å². The number of thiocarbonyl (C=S) groups is 1. The second kappa shape index (κ2) is 6.60. The van der Waals surface area contributed by atoms with E-state index in [1.807, 2.05) is 0 Å². The highest BCUT2D eigenvalue weighted by molar-refractivity contribution is 7.89. The van der Waals surface area contributed by atoms with Gasteiger partial charge >= 0.3 is 0 Å². The molecule has 0 aliphatic heterocycles. The van der Waals surface area contributed by atoms with Gasteiger partial charge in [0.2, 0.25) is 10.0 Å². The molecule has 1 aromatic carbocycles. The predicted molar refractivity (Wildman–Crippen MR) is 89.1 cm³/mol. The number of hydrogen-bond acceptors (Lipinski definition) is 3. The fraction of sp³-hybridized carbons (Fsp3) is 0.500. The van der Waals surface area contributed by atoms with Gasteiger partial charge in [-0.3, -0.25) is 0 Å². The van der Waals surface area contributed by atoms with Crippen molar-refractivity contribution in [2.45, 2.75) is 43.5 Å². The number of nitrogens with one attached hydrogen (secondary N) is 1. The number of hydrogen-bond donors (Lipinski definition) is 2. The maximum atomic E-state index is 12.4. The summed E-state index contributed by atoms with van der Waals surface area (Å²) in [6, 6.07) is 4.50. The molecule has 0 saturated heterocycles. The Bertz CT molecular complexity index is 638. The molecule has 1 aliphatic rings. The first-order valence-corrected chi connectivity index (χ1v) is 9.18. The van der Waals surface area contributed by atoms with E-state index < -0.39 is 10.0 Å². The first kappa shape index (κ1) is 16.7. The lowest BCUT2D eigenvalue weighted by Gasteiger charge is -2.26. The van der Waals surface area contributed by atoms with Crippen molar-refractivity contribution < 1.29 is 8.42 Å². The third-order valence-corrected chi connectivity index (χ3v) is 6.08. The topological polar surface area (TPSA) is 72.2 Å². The van der Waals surface area contributed by atoms with Crippen molar-refractivity contribution in [2.24, 2.45) is 11.7 Å². The predicted octanol–water partition coefficient (Wildman–Crippen LogP) is 2.83. The fourth-order valence-electron chi connectivity index (χ4n) is 2.53. The first-order valence-electron chi connectivity index (χ1n) is 6.91. The van der Waals surface area contributed by atoms with Gasteiger partial charge in [-0.15, -0.1) is 0 Å². The van der Waals surface area contributed by atoms with Crippen LogP contribution < -0.4 is 10.5 Å². The highest BCUT2D eigenvalue weighted by atomic mass is 35.5. The van der Waals surface area contributed by atoms with Crippen LogP contribution in [0.4, 0.5) is 0 Å². The van der Waals surface area contributed by atoms with Crippen LogP contribution in [0.15, 0.2) is 23.1 Å². The summed E-state index contributed by atoms with van der Waals surface area (Å²) in [7, 11) is -3.62. The van der Waals surface area contributed by atoms with Crippen molar-refractivity contribution in [2.75, 3.05) is 0 Å². The van der Waals surface area contributed by atoms with Gasteiger partial charge in [-0.1, -0.05) is 36.8 Å². The van der Waals surface area contributed by atoms with Gasteiger partial charge < -0.3 is 5.73 Å². The minimum Gasteiger partial charge on any atom is -0.389 e. The van der Waals surface area contributed by atoms with Crippen LogP contribution in [0.1, 0.15) is 38.2 Å². The van der Waals surface area contributed by atoms with E-state index in [1.54, 1.807) is 6.07 Å². The largest absolute Gasteiger partial charge is 0.389 e. The molecule has 0 amide bonds. The zero-order valence-corrected chi connectivity index (χ0v) is 14.2. The van der Waals surface area contributed by atoms with Crippen LogP contribution in [0.5, 0.6) is 0 Å². The maximum absolute atomic E-state index is 12.4. The summed E-state index contributed by atoms with van der Waals surface area (Å²) in [5.74, 6) is 0.666. The molecule has 0 aromatic heterocycles. The van der Waals surface area contributed by atoms with Crippen LogP contribution in [0.25, 0.3) is 0 Å². The molecule has 1 aliphatic carbocycles. The van der Waals surface area contributed by atoms with Crippen LogP contribution in [-0.2, 0) is 10.0 Å². The van der Waals surface area contributed by atoms with Crippen molar-refractivity contribution in [1.82, 2.24) is 4.72 Å².